The Labute approximate surface area is 105 Å². The van der Waals surface area contributed by atoms with Crippen molar-refractivity contribution in [2.45, 2.75) is 12.2 Å². The van der Waals surface area contributed by atoms with Gasteiger partial charge in [-0.05, 0) is 12.1 Å². The Morgan fingerprint density at radius 3 is 2.33 bits per heavy atom. The van der Waals surface area contributed by atoms with Crippen LogP contribution in [0.5, 0.6) is 0 Å². The summed E-state index contributed by atoms with van der Waals surface area (Å²) in [6, 6.07) is 3.25. The molecule has 2 atom stereocenters. The molecule has 1 fully saturated rings. The van der Waals surface area contributed by atoms with Crippen molar-refractivity contribution in [3.8, 4) is 0 Å². The topological polar surface area (TPSA) is 89.8 Å². The minimum atomic E-state index is -0.769. The van der Waals surface area contributed by atoms with Crippen LogP contribution in [0.2, 0.25) is 0 Å². The van der Waals surface area contributed by atoms with Gasteiger partial charge >= 0.3 is 0 Å². The van der Waals surface area contributed by atoms with Crippen molar-refractivity contribution >= 4 is 11.7 Å². The second-order valence-electron chi connectivity index (χ2n) is 4.52. The quantitative estimate of drug-likeness (QED) is 0.681. The van der Waals surface area contributed by atoms with Gasteiger partial charge in [0.1, 0.15) is 0 Å². The third-order valence-corrected chi connectivity index (χ3v) is 2.86. The highest BCUT2D eigenvalue weighted by atomic mass is 16.3. The van der Waals surface area contributed by atoms with Gasteiger partial charge in [0.05, 0.1) is 12.2 Å². The molecule has 0 bridgehead atoms. The molecule has 0 aliphatic carbocycles. The zero-order valence-electron chi connectivity index (χ0n) is 10.3. The van der Waals surface area contributed by atoms with Crippen molar-refractivity contribution in [3.63, 3.8) is 0 Å². The standard InChI is InChI=1S/C11H16N4O3/c1-14(2)11(18)7-3-4-10(13-12-7)15-5-8(16)9(17)6-15/h3-4,8-9,16-17H,5-6H2,1-2H3. The summed E-state index contributed by atoms with van der Waals surface area (Å²) in [7, 11) is 3.29. The first kappa shape index (κ1) is 12.7. The molecule has 7 nitrogen and oxygen atoms in total. The van der Waals surface area contributed by atoms with Crippen LogP contribution in [0, 0.1) is 0 Å². The number of aromatic nitrogens is 2. The van der Waals surface area contributed by atoms with E-state index in [1.165, 1.54) is 4.90 Å². The fourth-order valence-corrected chi connectivity index (χ4v) is 1.79. The van der Waals surface area contributed by atoms with Crippen LogP contribution in [0.25, 0.3) is 0 Å². The van der Waals surface area contributed by atoms with Crippen molar-refractivity contribution in [2.75, 3.05) is 32.1 Å². The van der Waals surface area contributed by atoms with Gasteiger partial charge in [0, 0.05) is 27.2 Å². The first-order chi connectivity index (χ1) is 8.49. The van der Waals surface area contributed by atoms with Crippen LogP contribution >= 0.6 is 0 Å². The van der Waals surface area contributed by atoms with Crippen LogP contribution in [0.3, 0.4) is 0 Å². The number of anilines is 1. The van der Waals surface area contributed by atoms with E-state index in [1.807, 2.05) is 0 Å². The zero-order chi connectivity index (χ0) is 13.3. The number of hydrogen-bond acceptors (Lipinski definition) is 6. The molecule has 1 aliphatic heterocycles. The largest absolute Gasteiger partial charge is 0.389 e. The van der Waals surface area contributed by atoms with E-state index in [1.54, 1.807) is 31.1 Å². The SMILES string of the molecule is CN(C)C(=O)c1ccc(N2CC(O)C(O)C2)nn1. The van der Waals surface area contributed by atoms with E-state index in [9.17, 15) is 15.0 Å². The molecular formula is C11H16N4O3. The van der Waals surface area contributed by atoms with Crippen molar-refractivity contribution in [3.05, 3.63) is 17.8 Å². The minimum absolute atomic E-state index is 0.212. The molecular weight excluding hydrogens is 236 g/mol. The molecule has 0 spiro atoms. The smallest absolute Gasteiger partial charge is 0.273 e. The summed E-state index contributed by atoms with van der Waals surface area (Å²) in [6.45, 7) is 0.633. The molecule has 18 heavy (non-hydrogen) atoms. The number of nitrogens with zero attached hydrogens (tertiary/aromatic N) is 4. The van der Waals surface area contributed by atoms with Gasteiger partial charge in [-0.3, -0.25) is 4.79 Å². The first-order valence-corrected chi connectivity index (χ1v) is 5.65. The van der Waals surface area contributed by atoms with Crippen LogP contribution < -0.4 is 4.90 Å². The highest BCUT2D eigenvalue weighted by Gasteiger charge is 2.30. The molecule has 2 rings (SSSR count). The maximum absolute atomic E-state index is 11.6. The van der Waals surface area contributed by atoms with Gasteiger partial charge in [0.15, 0.2) is 11.5 Å². The predicted molar refractivity (Wildman–Crippen MR) is 64.3 cm³/mol. The summed E-state index contributed by atoms with van der Waals surface area (Å²) >= 11 is 0. The molecule has 7 heteroatoms. The molecule has 2 heterocycles. The maximum atomic E-state index is 11.6. The molecule has 1 aliphatic rings. The lowest BCUT2D eigenvalue weighted by Gasteiger charge is -2.16. The molecule has 1 saturated heterocycles. The molecule has 0 saturated carbocycles. The Balaban J connectivity index is 2.11. The third-order valence-electron chi connectivity index (χ3n) is 2.86. The van der Waals surface area contributed by atoms with Gasteiger partial charge in [-0.15, -0.1) is 10.2 Å². The normalized spacial score (nSPS) is 23.2. The average Bonchev–Trinajstić information content (AvgIpc) is 2.69. The van der Waals surface area contributed by atoms with Gasteiger partial charge in [-0.2, -0.15) is 0 Å². The van der Waals surface area contributed by atoms with Crippen molar-refractivity contribution < 1.29 is 15.0 Å². The number of aliphatic hydroxyl groups is 2. The number of carbonyl (C=O) groups is 1. The Kier molecular flexibility index (Phi) is 3.44. The van der Waals surface area contributed by atoms with E-state index in [0.717, 1.165) is 0 Å². The number of aliphatic hydroxyl groups excluding tert-OH is 2. The molecule has 0 radical (unpaired) electrons. The van der Waals surface area contributed by atoms with Crippen molar-refractivity contribution in [1.82, 2.24) is 15.1 Å². The maximum Gasteiger partial charge on any atom is 0.273 e. The summed E-state index contributed by atoms with van der Waals surface area (Å²) in [5, 5.41) is 26.7. The van der Waals surface area contributed by atoms with Gasteiger partial charge in [-0.25, -0.2) is 0 Å². The molecule has 0 aromatic carbocycles. The summed E-state index contributed by atoms with van der Waals surface area (Å²) in [6.07, 6.45) is -1.54. The molecule has 98 valence electrons. The van der Waals surface area contributed by atoms with Crippen molar-refractivity contribution in [2.24, 2.45) is 0 Å². The molecule has 2 unspecified atom stereocenters. The summed E-state index contributed by atoms with van der Waals surface area (Å²) < 4.78 is 0. The van der Waals surface area contributed by atoms with Gasteiger partial charge < -0.3 is 20.0 Å². The fourth-order valence-electron chi connectivity index (χ4n) is 1.79. The molecule has 1 amide bonds. The van der Waals surface area contributed by atoms with Crippen LogP contribution in [0.15, 0.2) is 12.1 Å². The Hall–Kier alpha value is -1.73. The van der Waals surface area contributed by atoms with Crippen molar-refractivity contribution in [1.29, 1.82) is 0 Å². The van der Waals surface area contributed by atoms with Gasteiger partial charge in [0.25, 0.3) is 5.91 Å². The highest BCUT2D eigenvalue weighted by molar-refractivity contribution is 5.91. The summed E-state index contributed by atoms with van der Waals surface area (Å²) in [5.74, 6) is 0.330. The Morgan fingerprint density at radius 2 is 1.89 bits per heavy atom. The van der Waals surface area contributed by atoms with Crippen LogP contribution in [-0.2, 0) is 0 Å². The molecule has 1 aromatic rings. The zero-order valence-corrected chi connectivity index (χ0v) is 10.3. The number of rotatable bonds is 2. The predicted octanol–water partition coefficient (Wildman–Crippen LogP) is -1.28. The number of β-amino-alcohol motifs (C(OH)–C–C–N with tert-alkyl or cyclic N) is 2. The monoisotopic (exact) mass is 252 g/mol. The van der Waals surface area contributed by atoms with E-state index in [0.29, 0.717) is 18.9 Å². The second-order valence-corrected chi connectivity index (χ2v) is 4.52. The Morgan fingerprint density at radius 1 is 1.28 bits per heavy atom. The number of hydrogen-bond donors (Lipinski definition) is 2. The lowest BCUT2D eigenvalue weighted by atomic mass is 10.3. The van der Waals surface area contributed by atoms with E-state index in [2.05, 4.69) is 10.2 Å². The van der Waals surface area contributed by atoms with E-state index in [-0.39, 0.29) is 11.6 Å². The van der Waals surface area contributed by atoms with Crippen LogP contribution in [0.1, 0.15) is 10.5 Å². The summed E-state index contributed by atoms with van der Waals surface area (Å²) in [4.78, 5) is 14.8. The first-order valence-electron chi connectivity index (χ1n) is 5.65. The van der Waals surface area contributed by atoms with E-state index in [4.69, 9.17) is 0 Å². The molecule has 2 N–H and O–H groups in total. The van der Waals surface area contributed by atoms with Crippen LogP contribution in [-0.4, -0.2) is 70.6 Å². The van der Waals surface area contributed by atoms with Crippen LogP contribution in [0.4, 0.5) is 5.82 Å². The fraction of sp³-hybridized carbons (Fsp3) is 0.545. The Bertz CT molecular complexity index is 424. The average molecular weight is 252 g/mol. The van der Waals surface area contributed by atoms with E-state index >= 15 is 0 Å². The highest BCUT2D eigenvalue weighted by Crippen LogP contribution is 2.17. The lowest BCUT2D eigenvalue weighted by molar-refractivity contribution is 0.0572. The number of carbonyl (C=O) groups excluding carboxylic acids is 1. The van der Waals surface area contributed by atoms with Gasteiger partial charge in [0.2, 0.25) is 0 Å². The third kappa shape index (κ3) is 2.41. The summed E-state index contributed by atoms with van der Waals surface area (Å²) in [5.41, 5.74) is 0.268. The molecule has 1 aromatic heterocycles. The second kappa shape index (κ2) is 4.87. The van der Waals surface area contributed by atoms with Gasteiger partial charge in [-0.1, -0.05) is 0 Å². The van der Waals surface area contributed by atoms with E-state index < -0.39 is 12.2 Å². The minimum Gasteiger partial charge on any atom is -0.389 e. The number of amides is 1. The lowest BCUT2D eigenvalue weighted by Crippen LogP contribution is -2.25.